The van der Waals surface area contributed by atoms with E-state index in [1.54, 1.807) is 6.07 Å². The van der Waals surface area contributed by atoms with Gasteiger partial charge in [-0.1, -0.05) is 0 Å². The van der Waals surface area contributed by atoms with E-state index in [2.05, 4.69) is 4.90 Å². The van der Waals surface area contributed by atoms with Crippen molar-refractivity contribution in [2.45, 2.75) is 19.3 Å². The molecule has 1 aromatic carbocycles. The molecule has 0 radical (unpaired) electrons. The molecule has 2 aromatic rings. The zero-order valence-electron chi connectivity index (χ0n) is 12.2. The van der Waals surface area contributed by atoms with E-state index in [0.29, 0.717) is 11.1 Å². The lowest BCUT2D eigenvalue weighted by Crippen LogP contribution is -2.21. The van der Waals surface area contributed by atoms with Gasteiger partial charge in [-0.25, -0.2) is 4.39 Å². The Labute approximate surface area is 118 Å². The number of nitrogens with zero attached hydrogens (tertiary/aromatic N) is 2. The standard InChI is InChI=1S/C16H21FN2O/c1-18-11-12(7-10-19-8-3-4-9-19)15-13(18)5-6-14(20-2)16(15)17/h5-6,11H,3-4,7-10H2,1-2H3. The lowest BCUT2D eigenvalue weighted by Gasteiger charge is -2.13. The Bertz CT molecular complexity index is 614. The van der Waals surface area contributed by atoms with E-state index in [9.17, 15) is 4.39 Å². The minimum absolute atomic E-state index is 0.234. The van der Waals surface area contributed by atoms with Crippen LogP contribution in [0.25, 0.3) is 10.9 Å². The number of benzene rings is 1. The average Bonchev–Trinajstić information content (AvgIpc) is 3.06. The molecular formula is C16H21FN2O. The second-order valence-corrected chi connectivity index (χ2v) is 5.54. The normalized spacial score (nSPS) is 16.1. The molecule has 3 rings (SSSR count). The SMILES string of the molecule is COc1ccc2c(c(CCN3CCCC3)cn2C)c1F. The number of hydrogen-bond acceptors (Lipinski definition) is 2. The van der Waals surface area contributed by atoms with Crippen LogP contribution in [0.2, 0.25) is 0 Å². The molecule has 1 aliphatic rings. The van der Waals surface area contributed by atoms with Crippen LogP contribution in [0.15, 0.2) is 18.3 Å². The zero-order valence-corrected chi connectivity index (χ0v) is 12.2. The van der Waals surface area contributed by atoms with Gasteiger partial charge in [-0.15, -0.1) is 0 Å². The summed E-state index contributed by atoms with van der Waals surface area (Å²) in [6, 6.07) is 3.62. The summed E-state index contributed by atoms with van der Waals surface area (Å²) in [6.07, 6.45) is 5.51. The first kappa shape index (κ1) is 13.4. The largest absolute Gasteiger partial charge is 0.494 e. The van der Waals surface area contributed by atoms with Crippen LogP contribution in [0.4, 0.5) is 4.39 Å². The lowest BCUT2D eigenvalue weighted by molar-refractivity contribution is 0.343. The highest BCUT2D eigenvalue weighted by Crippen LogP contribution is 2.30. The van der Waals surface area contributed by atoms with Crippen molar-refractivity contribution in [1.82, 2.24) is 9.47 Å². The number of likely N-dealkylation sites (tertiary alicyclic amines) is 1. The summed E-state index contributed by atoms with van der Waals surface area (Å²) in [5.41, 5.74) is 2.01. The Morgan fingerprint density at radius 1 is 1.25 bits per heavy atom. The molecule has 0 bridgehead atoms. The molecule has 0 spiro atoms. The molecule has 1 saturated heterocycles. The van der Waals surface area contributed by atoms with Gasteiger partial charge < -0.3 is 14.2 Å². The second kappa shape index (κ2) is 5.44. The molecule has 3 nitrogen and oxygen atoms in total. The fourth-order valence-electron chi connectivity index (χ4n) is 3.15. The number of aryl methyl sites for hydroxylation is 1. The van der Waals surface area contributed by atoms with Crippen molar-refractivity contribution in [1.29, 1.82) is 0 Å². The third kappa shape index (κ3) is 2.29. The maximum Gasteiger partial charge on any atom is 0.174 e. The first-order valence-corrected chi connectivity index (χ1v) is 7.23. The van der Waals surface area contributed by atoms with Crippen LogP contribution < -0.4 is 4.74 Å². The number of fused-ring (bicyclic) bond motifs is 1. The van der Waals surface area contributed by atoms with Crippen LogP contribution in [-0.2, 0) is 13.5 Å². The van der Waals surface area contributed by atoms with Crippen molar-refractivity contribution in [2.75, 3.05) is 26.7 Å². The van der Waals surface area contributed by atoms with Crippen LogP contribution in [0.5, 0.6) is 5.75 Å². The number of rotatable bonds is 4. The van der Waals surface area contributed by atoms with E-state index in [-0.39, 0.29) is 5.82 Å². The number of aromatic nitrogens is 1. The van der Waals surface area contributed by atoms with Crippen molar-refractivity contribution in [3.8, 4) is 5.75 Å². The molecule has 4 heteroatoms. The first-order valence-electron chi connectivity index (χ1n) is 7.23. The molecule has 0 unspecified atom stereocenters. The van der Waals surface area contributed by atoms with Crippen molar-refractivity contribution in [3.05, 3.63) is 29.7 Å². The van der Waals surface area contributed by atoms with Gasteiger partial charge in [0.1, 0.15) is 0 Å². The van der Waals surface area contributed by atoms with Crippen LogP contribution >= 0.6 is 0 Å². The highest BCUT2D eigenvalue weighted by molar-refractivity contribution is 5.86. The lowest BCUT2D eigenvalue weighted by atomic mass is 10.1. The molecule has 1 fully saturated rings. The van der Waals surface area contributed by atoms with Gasteiger partial charge in [0.2, 0.25) is 0 Å². The second-order valence-electron chi connectivity index (χ2n) is 5.54. The highest BCUT2D eigenvalue weighted by Gasteiger charge is 2.17. The molecule has 0 atom stereocenters. The molecule has 108 valence electrons. The molecule has 1 aromatic heterocycles. The van der Waals surface area contributed by atoms with Crippen LogP contribution in [0, 0.1) is 5.82 Å². The molecule has 1 aliphatic heterocycles. The predicted octanol–water partition coefficient (Wildman–Crippen LogP) is 2.96. The summed E-state index contributed by atoms with van der Waals surface area (Å²) < 4.78 is 21.6. The van der Waals surface area contributed by atoms with Gasteiger partial charge in [-0.05, 0) is 50.0 Å². The maximum atomic E-state index is 14.5. The van der Waals surface area contributed by atoms with Gasteiger partial charge in [-0.3, -0.25) is 0 Å². The summed E-state index contributed by atoms with van der Waals surface area (Å²) in [5.74, 6) is 0.0909. The Morgan fingerprint density at radius 2 is 2.00 bits per heavy atom. The van der Waals surface area contributed by atoms with Crippen molar-refractivity contribution < 1.29 is 9.13 Å². The predicted molar refractivity (Wildman–Crippen MR) is 78.8 cm³/mol. The Balaban J connectivity index is 1.93. The molecule has 2 heterocycles. The first-order chi connectivity index (χ1) is 9.70. The van der Waals surface area contributed by atoms with Gasteiger partial charge in [0, 0.05) is 25.2 Å². The fourth-order valence-corrected chi connectivity index (χ4v) is 3.15. The smallest absolute Gasteiger partial charge is 0.174 e. The maximum absolute atomic E-state index is 14.5. The molecule has 20 heavy (non-hydrogen) atoms. The molecule has 0 aliphatic carbocycles. The van der Waals surface area contributed by atoms with Crippen molar-refractivity contribution in [3.63, 3.8) is 0 Å². The summed E-state index contributed by atoms with van der Waals surface area (Å²) in [4.78, 5) is 2.46. The van der Waals surface area contributed by atoms with Gasteiger partial charge in [0.05, 0.1) is 12.6 Å². The number of methoxy groups -OCH3 is 1. The number of hydrogen-bond donors (Lipinski definition) is 0. The van der Waals surface area contributed by atoms with Gasteiger partial charge in [0.25, 0.3) is 0 Å². The topological polar surface area (TPSA) is 17.4 Å². The molecule has 0 amide bonds. The highest BCUT2D eigenvalue weighted by atomic mass is 19.1. The summed E-state index contributed by atoms with van der Waals surface area (Å²) >= 11 is 0. The molecular weight excluding hydrogens is 255 g/mol. The Kier molecular flexibility index (Phi) is 3.66. The fraction of sp³-hybridized carbons (Fsp3) is 0.500. The van der Waals surface area contributed by atoms with Gasteiger partial charge in [0.15, 0.2) is 11.6 Å². The van der Waals surface area contributed by atoms with E-state index in [1.807, 2.05) is 23.9 Å². The minimum atomic E-state index is -0.234. The summed E-state index contributed by atoms with van der Waals surface area (Å²) in [6.45, 7) is 3.36. The van der Waals surface area contributed by atoms with E-state index >= 15 is 0 Å². The third-order valence-electron chi connectivity index (χ3n) is 4.25. The Hall–Kier alpha value is -1.55. The number of halogens is 1. The van der Waals surface area contributed by atoms with Crippen LogP contribution in [-0.4, -0.2) is 36.2 Å². The third-order valence-corrected chi connectivity index (χ3v) is 4.25. The quantitative estimate of drug-likeness (QED) is 0.854. The van der Waals surface area contributed by atoms with Crippen LogP contribution in [0.1, 0.15) is 18.4 Å². The van der Waals surface area contributed by atoms with Gasteiger partial charge in [-0.2, -0.15) is 0 Å². The molecule has 0 saturated carbocycles. The van der Waals surface area contributed by atoms with E-state index in [4.69, 9.17) is 4.74 Å². The minimum Gasteiger partial charge on any atom is -0.494 e. The molecule has 0 N–H and O–H groups in total. The number of ether oxygens (including phenoxy) is 1. The van der Waals surface area contributed by atoms with Crippen molar-refractivity contribution >= 4 is 10.9 Å². The van der Waals surface area contributed by atoms with E-state index in [1.165, 1.54) is 33.0 Å². The monoisotopic (exact) mass is 276 g/mol. The van der Waals surface area contributed by atoms with Crippen molar-refractivity contribution in [2.24, 2.45) is 7.05 Å². The summed E-state index contributed by atoms with van der Waals surface area (Å²) in [5, 5.41) is 0.714. The average molecular weight is 276 g/mol. The zero-order chi connectivity index (χ0) is 14.1. The van der Waals surface area contributed by atoms with Crippen LogP contribution in [0.3, 0.4) is 0 Å². The Morgan fingerprint density at radius 3 is 2.70 bits per heavy atom. The summed E-state index contributed by atoms with van der Waals surface area (Å²) in [7, 11) is 3.48. The van der Waals surface area contributed by atoms with Gasteiger partial charge >= 0.3 is 0 Å². The van der Waals surface area contributed by atoms with E-state index in [0.717, 1.165) is 24.0 Å². The van der Waals surface area contributed by atoms with E-state index < -0.39 is 0 Å².